The van der Waals surface area contributed by atoms with Gasteiger partial charge < -0.3 is 18.6 Å². The number of ether oxygens (including phenoxy) is 3. The van der Waals surface area contributed by atoms with Crippen molar-refractivity contribution in [3.8, 4) is 0 Å². The number of carbonyl (C=O) groups is 2. The maximum Gasteiger partial charge on any atom is 0.334 e. The predicted octanol–water partition coefficient (Wildman–Crippen LogP) is 3.54. The van der Waals surface area contributed by atoms with Gasteiger partial charge in [0.15, 0.2) is 0 Å². The third kappa shape index (κ3) is 1.99. The third-order valence-corrected chi connectivity index (χ3v) is 7.58. The normalized spacial score (nSPS) is 42.6. The van der Waals surface area contributed by atoms with E-state index in [1.165, 1.54) is 7.11 Å². The van der Waals surface area contributed by atoms with Crippen LogP contribution in [0.4, 0.5) is 0 Å². The molecule has 1 spiro atoms. The zero-order valence-corrected chi connectivity index (χ0v) is 15.6. The molecule has 6 atom stereocenters. The average Bonchev–Trinajstić information content (AvgIpc) is 3.33. The van der Waals surface area contributed by atoms with E-state index >= 15 is 0 Å². The summed E-state index contributed by atoms with van der Waals surface area (Å²) >= 11 is 0. The molecule has 2 aliphatic heterocycles. The van der Waals surface area contributed by atoms with Crippen LogP contribution in [-0.4, -0.2) is 25.3 Å². The summed E-state index contributed by atoms with van der Waals surface area (Å²) in [7, 11) is 1.37. The number of esters is 2. The molecule has 0 aromatic carbocycles. The molecule has 0 unspecified atom stereocenters. The van der Waals surface area contributed by atoms with Gasteiger partial charge in [-0.05, 0) is 50.0 Å². The molecule has 5 rings (SSSR count). The highest BCUT2D eigenvalue weighted by atomic mass is 16.7. The molecule has 1 saturated carbocycles. The van der Waals surface area contributed by atoms with E-state index in [9.17, 15) is 9.59 Å². The standard InChI is InChI=1S/C21H24O6/c1-12-6-8-20-14(17(22)24-2)4-3-5-16(20)21(12)10-15(13-7-9-25-11-13)26-19(21)27-18(20)23/h4,7,9,11-12,15-16,19H,3,5-6,8,10H2,1-2H3/t12-,15+,16+,19-,20-,21-/m0/s1. The van der Waals surface area contributed by atoms with Crippen molar-refractivity contribution in [2.24, 2.45) is 22.7 Å². The number of hydrogen-bond donors (Lipinski definition) is 0. The van der Waals surface area contributed by atoms with Crippen molar-refractivity contribution >= 4 is 11.9 Å². The van der Waals surface area contributed by atoms with Crippen LogP contribution in [0, 0.1) is 22.7 Å². The first kappa shape index (κ1) is 17.0. The molecule has 2 bridgehead atoms. The van der Waals surface area contributed by atoms with E-state index in [0.29, 0.717) is 17.9 Å². The van der Waals surface area contributed by atoms with E-state index in [1.54, 1.807) is 12.5 Å². The van der Waals surface area contributed by atoms with Gasteiger partial charge in [-0.25, -0.2) is 4.79 Å². The molecule has 144 valence electrons. The Kier molecular flexibility index (Phi) is 3.60. The summed E-state index contributed by atoms with van der Waals surface area (Å²) in [6.07, 6.45) is 8.37. The van der Waals surface area contributed by atoms with Crippen LogP contribution in [0.25, 0.3) is 0 Å². The first-order valence-corrected chi connectivity index (χ1v) is 9.71. The fourth-order valence-electron chi connectivity index (χ4n) is 6.31. The van der Waals surface area contributed by atoms with Crippen LogP contribution in [0.15, 0.2) is 34.7 Å². The van der Waals surface area contributed by atoms with Crippen molar-refractivity contribution in [2.45, 2.75) is 51.4 Å². The lowest BCUT2D eigenvalue weighted by Gasteiger charge is -2.60. The number of carbonyl (C=O) groups excluding carboxylic acids is 2. The minimum absolute atomic E-state index is 0.0241. The number of allylic oxidation sites excluding steroid dienone is 1. The third-order valence-electron chi connectivity index (χ3n) is 7.58. The molecule has 0 N–H and O–H groups in total. The van der Waals surface area contributed by atoms with Crippen LogP contribution in [0.3, 0.4) is 0 Å². The van der Waals surface area contributed by atoms with Crippen LogP contribution < -0.4 is 0 Å². The van der Waals surface area contributed by atoms with Crippen molar-refractivity contribution in [2.75, 3.05) is 7.11 Å². The maximum absolute atomic E-state index is 13.3. The summed E-state index contributed by atoms with van der Waals surface area (Å²) in [5.74, 6) is -0.382. The largest absolute Gasteiger partial charge is 0.472 e. The van der Waals surface area contributed by atoms with Crippen LogP contribution >= 0.6 is 0 Å². The van der Waals surface area contributed by atoms with Crippen LogP contribution in [-0.2, 0) is 23.8 Å². The van der Waals surface area contributed by atoms with Gasteiger partial charge in [0.25, 0.3) is 0 Å². The molecular weight excluding hydrogens is 348 g/mol. The van der Waals surface area contributed by atoms with Gasteiger partial charge in [-0.1, -0.05) is 13.0 Å². The topological polar surface area (TPSA) is 75.0 Å². The molecular formula is C21H24O6. The lowest BCUT2D eigenvalue weighted by atomic mass is 9.44. The zero-order valence-electron chi connectivity index (χ0n) is 15.6. The van der Waals surface area contributed by atoms with Crippen molar-refractivity contribution in [1.29, 1.82) is 0 Å². The van der Waals surface area contributed by atoms with Crippen molar-refractivity contribution < 1.29 is 28.2 Å². The van der Waals surface area contributed by atoms with Crippen LogP contribution in [0.1, 0.15) is 50.7 Å². The smallest absolute Gasteiger partial charge is 0.334 e. The van der Waals surface area contributed by atoms with E-state index in [4.69, 9.17) is 18.6 Å². The Balaban J connectivity index is 1.63. The van der Waals surface area contributed by atoms with Gasteiger partial charge in [0.05, 0.1) is 31.3 Å². The van der Waals surface area contributed by atoms with Gasteiger partial charge in [0.2, 0.25) is 6.29 Å². The number of rotatable bonds is 2. The first-order chi connectivity index (χ1) is 13.0. The quantitative estimate of drug-likeness (QED) is 0.739. The summed E-state index contributed by atoms with van der Waals surface area (Å²) in [6.45, 7) is 2.23. The minimum atomic E-state index is -0.900. The SMILES string of the molecule is COC(=O)C1=CCC[C@@H]2[C@]13CC[C@H](C)[C@@]21C[C@H](c2ccoc2)O[C@H]1OC3=O. The van der Waals surface area contributed by atoms with Gasteiger partial charge in [-0.15, -0.1) is 0 Å². The molecule has 0 amide bonds. The van der Waals surface area contributed by atoms with Crippen molar-refractivity contribution in [1.82, 2.24) is 0 Å². The molecule has 6 nitrogen and oxygen atoms in total. The summed E-state index contributed by atoms with van der Waals surface area (Å²) in [6, 6.07) is 1.90. The summed E-state index contributed by atoms with van der Waals surface area (Å²) < 4.78 is 22.4. The van der Waals surface area contributed by atoms with Gasteiger partial charge in [0, 0.05) is 11.0 Å². The molecule has 3 fully saturated rings. The van der Waals surface area contributed by atoms with Gasteiger partial charge in [-0.3, -0.25) is 4.79 Å². The second kappa shape index (κ2) is 5.71. The lowest BCUT2D eigenvalue weighted by Crippen LogP contribution is -2.65. The molecule has 27 heavy (non-hydrogen) atoms. The average molecular weight is 372 g/mol. The Hall–Kier alpha value is -2.08. The number of furan rings is 1. The summed E-state index contributed by atoms with van der Waals surface area (Å²) in [5, 5.41) is 0. The second-order valence-electron chi connectivity index (χ2n) is 8.39. The van der Waals surface area contributed by atoms with E-state index in [0.717, 1.165) is 31.2 Å². The zero-order chi connectivity index (χ0) is 18.8. The Bertz CT molecular complexity index is 811. The molecule has 2 saturated heterocycles. The predicted molar refractivity (Wildman–Crippen MR) is 93.1 cm³/mol. The van der Waals surface area contributed by atoms with Gasteiger partial charge in [-0.2, -0.15) is 0 Å². The molecule has 2 aliphatic carbocycles. The van der Waals surface area contributed by atoms with E-state index in [2.05, 4.69) is 6.92 Å². The molecule has 4 aliphatic rings. The lowest BCUT2D eigenvalue weighted by molar-refractivity contribution is -0.263. The van der Waals surface area contributed by atoms with Gasteiger partial charge >= 0.3 is 11.9 Å². The van der Waals surface area contributed by atoms with Crippen molar-refractivity contribution in [3.05, 3.63) is 35.8 Å². The monoisotopic (exact) mass is 372 g/mol. The van der Waals surface area contributed by atoms with Crippen molar-refractivity contribution in [3.63, 3.8) is 0 Å². The summed E-state index contributed by atoms with van der Waals surface area (Å²) in [5.41, 5.74) is 0.269. The minimum Gasteiger partial charge on any atom is -0.472 e. The Labute approximate surface area is 157 Å². The molecule has 1 aromatic rings. The molecule has 0 radical (unpaired) electrons. The molecule has 3 heterocycles. The van der Waals surface area contributed by atoms with E-state index in [-0.39, 0.29) is 23.4 Å². The second-order valence-corrected chi connectivity index (χ2v) is 8.39. The number of hydrogen-bond acceptors (Lipinski definition) is 6. The Morgan fingerprint density at radius 3 is 2.93 bits per heavy atom. The van der Waals surface area contributed by atoms with Crippen LogP contribution in [0.5, 0.6) is 0 Å². The highest BCUT2D eigenvalue weighted by Crippen LogP contribution is 2.70. The summed E-state index contributed by atoms with van der Waals surface area (Å²) in [4.78, 5) is 25.8. The first-order valence-electron chi connectivity index (χ1n) is 9.71. The highest BCUT2D eigenvalue weighted by Gasteiger charge is 2.73. The Morgan fingerprint density at radius 2 is 2.19 bits per heavy atom. The van der Waals surface area contributed by atoms with Gasteiger partial charge in [0.1, 0.15) is 5.41 Å². The fraction of sp³-hybridized carbons (Fsp3) is 0.619. The molecule has 6 heteroatoms. The van der Waals surface area contributed by atoms with Crippen LogP contribution in [0.2, 0.25) is 0 Å². The van der Waals surface area contributed by atoms with E-state index < -0.39 is 17.7 Å². The fourth-order valence-corrected chi connectivity index (χ4v) is 6.31. The highest BCUT2D eigenvalue weighted by molar-refractivity contribution is 5.99. The number of methoxy groups -OCH3 is 1. The maximum atomic E-state index is 13.3. The van der Waals surface area contributed by atoms with E-state index in [1.807, 2.05) is 12.1 Å². The Morgan fingerprint density at radius 1 is 1.33 bits per heavy atom. The molecule has 1 aromatic heterocycles.